The lowest BCUT2D eigenvalue weighted by atomic mass is 10.2. The molecule has 0 bridgehead atoms. The number of hydrogen-bond donors (Lipinski definition) is 2. The summed E-state index contributed by atoms with van der Waals surface area (Å²) < 4.78 is 27.1. The van der Waals surface area contributed by atoms with E-state index in [-0.39, 0.29) is 18.4 Å². The molecule has 4 rings (SSSR count). The number of ether oxygens (including phenoxy) is 2. The summed E-state index contributed by atoms with van der Waals surface area (Å²) in [5, 5.41) is 16.4. The van der Waals surface area contributed by atoms with Gasteiger partial charge in [-0.2, -0.15) is 5.10 Å². The van der Waals surface area contributed by atoms with Gasteiger partial charge in [0, 0.05) is 23.7 Å². The van der Waals surface area contributed by atoms with E-state index in [0.717, 1.165) is 18.2 Å². The van der Waals surface area contributed by atoms with Gasteiger partial charge in [0.2, 0.25) is 0 Å². The fourth-order valence-corrected chi connectivity index (χ4v) is 2.93. The molecule has 7 nitrogen and oxygen atoms in total. The number of nitrogens with one attached hydrogen (secondary N) is 1. The van der Waals surface area contributed by atoms with E-state index in [1.165, 1.54) is 6.07 Å². The molecule has 1 fully saturated rings. The van der Waals surface area contributed by atoms with Crippen LogP contribution in [0.5, 0.6) is 11.5 Å². The van der Waals surface area contributed by atoms with Crippen molar-refractivity contribution in [1.29, 1.82) is 0 Å². The number of carboxylic acid groups (broad SMARTS) is 1. The molecule has 1 aliphatic carbocycles. The summed E-state index contributed by atoms with van der Waals surface area (Å²) in [7, 11) is 0. The van der Waals surface area contributed by atoms with E-state index in [9.17, 15) is 9.18 Å². The van der Waals surface area contributed by atoms with Gasteiger partial charge in [-0.15, -0.1) is 0 Å². The predicted octanol–water partition coefficient (Wildman–Crippen LogP) is 3.99. The number of benzene rings is 2. The largest absolute Gasteiger partial charge is 0.491 e. The molecule has 1 saturated carbocycles. The number of halogens is 1. The first-order valence-corrected chi connectivity index (χ1v) is 9.52. The van der Waals surface area contributed by atoms with Crippen molar-refractivity contribution < 1.29 is 23.8 Å². The number of rotatable bonds is 8. The average molecular weight is 399 g/mol. The lowest BCUT2D eigenvalue weighted by molar-refractivity contribution is 0.183. The van der Waals surface area contributed by atoms with Gasteiger partial charge in [0.25, 0.3) is 0 Å². The van der Waals surface area contributed by atoms with Gasteiger partial charge in [0.05, 0.1) is 23.9 Å². The normalized spacial score (nSPS) is 14.6. The van der Waals surface area contributed by atoms with Gasteiger partial charge in [-0.1, -0.05) is 0 Å². The van der Waals surface area contributed by atoms with Gasteiger partial charge in [-0.25, -0.2) is 13.9 Å². The van der Waals surface area contributed by atoms with Crippen LogP contribution in [-0.4, -0.2) is 40.2 Å². The Balaban J connectivity index is 1.46. The molecule has 1 heterocycles. The van der Waals surface area contributed by atoms with Crippen LogP contribution in [0.15, 0.2) is 42.6 Å². The van der Waals surface area contributed by atoms with E-state index in [2.05, 4.69) is 10.4 Å². The van der Waals surface area contributed by atoms with Crippen LogP contribution < -0.4 is 14.8 Å². The van der Waals surface area contributed by atoms with E-state index in [0.29, 0.717) is 29.5 Å². The fraction of sp³-hybridized carbons (Fsp3) is 0.333. The van der Waals surface area contributed by atoms with Crippen LogP contribution in [0.25, 0.3) is 16.6 Å². The maximum atomic E-state index is 14.4. The molecule has 1 amide bonds. The van der Waals surface area contributed by atoms with Crippen molar-refractivity contribution in [3.8, 4) is 17.2 Å². The molecule has 0 aliphatic heterocycles. The van der Waals surface area contributed by atoms with Crippen molar-refractivity contribution >= 4 is 17.0 Å². The summed E-state index contributed by atoms with van der Waals surface area (Å²) in [6.45, 7) is 2.48. The minimum atomic E-state index is -1.09. The molecule has 1 aliphatic rings. The first kappa shape index (κ1) is 19.0. The monoisotopic (exact) mass is 399 g/mol. The predicted molar refractivity (Wildman–Crippen MR) is 105 cm³/mol. The smallest absolute Gasteiger partial charge is 0.404 e. The molecular formula is C21H22FN3O4. The first-order valence-electron chi connectivity index (χ1n) is 9.52. The van der Waals surface area contributed by atoms with Gasteiger partial charge in [0.15, 0.2) is 11.6 Å². The molecule has 2 aromatic carbocycles. The molecular weight excluding hydrogens is 377 g/mol. The summed E-state index contributed by atoms with van der Waals surface area (Å²) in [5.41, 5.74) is 1.29. The SMILES string of the molecule is C[C@@H](COc1ccc2cn(-c3ccc(OCC4CC4)c(F)c3)nc2c1)NC(=O)O. The summed E-state index contributed by atoms with van der Waals surface area (Å²) in [5.74, 6) is 0.991. The molecule has 3 aromatic rings. The van der Waals surface area contributed by atoms with Crippen LogP contribution in [0.3, 0.4) is 0 Å². The summed E-state index contributed by atoms with van der Waals surface area (Å²) >= 11 is 0. The lowest BCUT2D eigenvalue weighted by Crippen LogP contribution is -2.35. The third-order valence-electron chi connectivity index (χ3n) is 4.70. The highest BCUT2D eigenvalue weighted by molar-refractivity contribution is 5.80. The standard InChI is InChI=1S/C21H22FN3O4/c1-13(23-21(26)27)11-28-17-6-4-15-10-25(24-19(15)9-17)16-5-7-20(18(22)8-16)29-12-14-2-3-14/h4-10,13-14,23H,2-3,11-12H2,1H3,(H,26,27)/t13-/m0/s1. The first-order chi connectivity index (χ1) is 14.0. The topological polar surface area (TPSA) is 85.6 Å². The van der Waals surface area contributed by atoms with E-state index in [1.807, 2.05) is 12.3 Å². The Hall–Kier alpha value is -3.29. The average Bonchev–Trinajstić information content (AvgIpc) is 3.41. The Morgan fingerprint density at radius 3 is 2.86 bits per heavy atom. The fourth-order valence-electron chi connectivity index (χ4n) is 2.93. The molecule has 8 heteroatoms. The third-order valence-corrected chi connectivity index (χ3v) is 4.70. The maximum absolute atomic E-state index is 14.4. The molecule has 0 saturated heterocycles. The second-order valence-corrected chi connectivity index (χ2v) is 7.32. The van der Waals surface area contributed by atoms with Crippen molar-refractivity contribution in [2.24, 2.45) is 5.92 Å². The highest BCUT2D eigenvalue weighted by atomic mass is 19.1. The molecule has 0 spiro atoms. The van der Waals surface area contributed by atoms with Crippen LogP contribution in [0.4, 0.5) is 9.18 Å². The van der Waals surface area contributed by atoms with Crippen molar-refractivity contribution in [2.75, 3.05) is 13.2 Å². The Morgan fingerprint density at radius 1 is 1.31 bits per heavy atom. The highest BCUT2D eigenvalue weighted by Gasteiger charge is 2.22. The highest BCUT2D eigenvalue weighted by Crippen LogP contribution is 2.30. The Morgan fingerprint density at radius 2 is 2.14 bits per heavy atom. The van der Waals surface area contributed by atoms with Crippen molar-refractivity contribution in [1.82, 2.24) is 15.1 Å². The van der Waals surface area contributed by atoms with Crippen molar-refractivity contribution in [3.05, 3.63) is 48.4 Å². The number of carbonyl (C=O) groups is 1. The number of fused-ring (bicyclic) bond motifs is 1. The van der Waals surface area contributed by atoms with Gasteiger partial charge in [-0.05, 0) is 49.9 Å². The number of hydrogen-bond acceptors (Lipinski definition) is 4. The van der Waals surface area contributed by atoms with E-state index >= 15 is 0 Å². The van der Waals surface area contributed by atoms with Crippen molar-refractivity contribution in [3.63, 3.8) is 0 Å². The zero-order valence-corrected chi connectivity index (χ0v) is 16.0. The van der Waals surface area contributed by atoms with E-state index in [4.69, 9.17) is 14.6 Å². The summed E-state index contributed by atoms with van der Waals surface area (Å²) in [6, 6.07) is 9.88. The third kappa shape index (κ3) is 4.77. The van der Waals surface area contributed by atoms with E-state index in [1.54, 1.807) is 35.9 Å². The zero-order valence-electron chi connectivity index (χ0n) is 16.0. The molecule has 1 atom stereocenters. The van der Waals surface area contributed by atoms with E-state index < -0.39 is 11.9 Å². The molecule has 29 heavy (non-hydrogen) atoms. The van der Waals surface area contributed by atoms with Gasteiger partial charge < -0.3 is 19.9 Å². The zero-order chi connectivity index (χ0) is 20.4. The Kier molecular flexibility index (Phi) is 5.24. The second-order valence-electron chi connectivity index (χ2n) is 7.32. The van der Waals surface area contributed by atoms with Gasteiger partial charge in [-0.3, -0.25) is 0 Å². The molecule has 152 valence electrons. The maximum Gasteiger partial charge on any atom is 0.404 e. The number of amides is 1. The minimum Gasteiger partial charge on any atom is -0.491 e. The van der Waals surface area contributed by atoms with Crippen LogP contribution in [-0.2, 0) is 0 Å². The molecule has 0 unspecified atom stereocenters. The summed E-state index contributed by atoms with van der Waals surface area (Å²) in [6.07, 6.45) is 3.03. The molecule has 1 aromatic heterocycles. The van der Waals surface area contributed by atoms with Crippen LogP contribution in [0.1, 0.15) is 19.8 Å². The second kappa shape index (κ2) is 7.98. The molecule has 0 radical (unpaired) electrons. The Bertz CT molecular complexity index is 1030. The van der Waals surface area contributed by atoms with Crippen LogP contribution in [0.2, 0.25) is 0 Å². The number of nitrogens with zero attached hydrogens (tertiary/aromatic N) is 2. The van der Waals surface area contributed by atoms with Gasteiger partial charge in [0.1, 0.15) is 12.4 Å². The Labute approximate surface area is 167 Å². The van der Waals surface area contributed by atoms with Crippen molar-refractivity contribution in [2.45, 2.75) is 25.8 Å². The van der Waals surface area contributed by atoms with Crippen LogP contribution in [0, 0.1) is 11.7 Å². The van der Waals surface area contributed by atoms with Crippen LogP contribution >= 0.6 is 0 Å². The van der Waals surface area contributed by atoms with Gasteiger partial charge >= 0.3 is 6.09 Å². The minimum absolute atomic E-state index is 0.200. The quantitative estimate of drug-likeness (QED) is 0.598. The number of aromatic nitrogens is 2. The molecule has 2 N–H and O–H groups in total. The lowest BCUT2D eigenvalue weighted by Gasteiger charge is -2.12. The summed E-state index contributed by atoms with van der Waals surface area (Å²) in [4.78, 5) is 10.6.